The Morgan fingerprint density at radius 3 is 2.57 bits per heavy atom. The van der Waals surface area contributed by atoms with Crippen molar-refractivity contribution < 1.29 is 0 Å². The molecule has 76 valence electrons. The van der Waals surface area contributed by atoms with Crippen LogP contribution in [0.5, 0.6) is 0 Å². The first-order valence-corrected chi connectivity index (χ1v) is 6.07. The van der Waals surface area contributed by atoms with Crippen LogP contribution in [0.4, 0.5) is 5.69 Å². The maximum atomic E-state index is 5.51. The Bertz CT molecular complexity index is 280. The largest absolute Gasteiger partial charge is 0.396 e. The van der Waals surface area contributed by atoms with E-state index in [1.165, 1.54) is 25.7 Å². The highest BCUT2D eigenvalue weighted by Crippen LogP contribution is 2.30. The van der Waals surface area contributed by atoms with E-state index in [1.54, 1.807) is 12.4 Å². The Balaban J connectivity index is 1.82. The summed E-state index contributed by atoms with van der Waals surface area (Å²) in [6.07, 6.45) is 8.86. The average molecular weight is 209 g/mol. The second-order valence-electron chi connectivity index (χ2n) is 3.65. The minimum absolute atomic E-state index is 0.639. The highest BCUT2D eigenvalue weighted by molar-refractivity contribution is 7.99. The van der Waals surface area contributed by atoms with E-state index in [4.69, 9.17) is 5.73 Å². The first kappa shape index (κ1) is 9.77. The van der Waals surface area contributed by atoms with Crippen LogP contribution in [0.15, 0.2) is 12.4 Å². The van der Waals surface area contributed by atoms with Crippen molar-refractivity contribution in [2.45, 2.75) is 36.7 Å². The molecule has 2 rings (SSSR count). The molecular formula is C10H15N3S. The Morgan fingerprint density at radius 2 is 1.93 bits per heavy atom. The molecule has 1 saturated carbocycles. The van der Waals surface area contributed by atoms with Crippen molar-refractivity contribution in [1.29, 1.82) is 0 Å². The summed E-state index contributed by atoms with van der Waals surface area (Å²) in [5, 5.41) is 0.830. The standard InChI is InChI=1S/C10H15N3S/c11-8-5-12-10(13-6-8)7-14-9-3-1-2-4-9/h5-6,9H,1-4,7,11H2. The zero-order chi connectivity index (χ0) is 9.80. The monoisotopic (exact) mass is 209 g/mol. The molecule has 0 aromatic carbocycles. The third-order valence-corrected chi connectivity index (χ3v) is 3.84. The fourth-order valence-electron chi connectivity index (χ4n) is 1.69. The number of nitrogens with two attached hydrogens (primary N) is 1. The lowest BCUT2D eigenvalue weighted by molar-refractivity contribution is 0.886. The molecule has 4 heteroatoms. The molecular weight excluding hydrogens is 194 g/mol. The number of hydrogen-bond donors (Lipinski definition) is 1. The van der Waals surface area contributed by atoms with E-state index in [0.29, 0.717) is 5.69 Å². The average Bonchev–Trinajstić information content (AvgIpc) is 2.70. The predicted octanol–water partition coefficient (Wildman–Crippen LogP) is 2.23. The van der Waals surface area contributed by atoms with E-state index < -0.39 is 0 Å². The molecule has 1 aliphatic rings. The van der Waals surface area contributed by atoms with E-state index in [1.807, 2.05) is 11.8 Å². The summed E-state index contributed by atoms with van der Waals surface area (Å²) in [5.74, 6) is 1.82. The molecule has 2 N–H and O–H groups in total. The van der Waals surface area contributed by atoms with Crippen molar-refractivity contribution >= 4 is 17.4 Å². The van der Waals surface area contributed by atoms with Crippen LogP contribution in [0, 0.1) is 0 Å². The molecule has 0 radical (unpaired) electrons. The number of nitrogen functional groups attached to an aromatic ring is 1. The smallest absolute Gasteiger partial charge is 0.138 e. The van der Waals surface area contributed by atoms with E-state index in [9.17, 15) is 0 Å². The third-order valence-electron chi connectivity index (χ3n) is 2.48. The second-order valence-corrected chi connectivity index (χ2v) is 4.94. The molecule has 3 nitrogen and oxygen atoms in total. The van der Waals surface area contributed by atoms with E-state index in [2.05, 4.69) is 9.97 Å². The first-order chi connectivity index (χ1) is 6.84. The molecule has 14 heavy (non-hydrogen) atoms. The van der Waals surface area contributed by atoms with Gasteiger partial charge in [-0.2, -0.15) is 11.8 Å². The van der Waals surface area contributed by atoms with Crippen LogP contribution in [0.3, 0.4) is 0 Å². The predicted molar refractivity (Wildman–Crippen MR) is 60.0 cm³/mol. The molecule has 1 aromatic rings. The van der Waals surface area contributed by atoms with Crippen molar-refractivity contribution in [2.24, 2.45) is 0 Å². The second kappa shape index (κ2) is 4.64. The Morgan fingerprint density at radius 1 is 1.29 bits per heavy atom. The molecule has 1 aromatic heterocycles. The van der Waals surface area contributed by atoms with Gasteiger partial charge in [0.15, 0.2) is 0 Å². The molecule has 0 saturated heterocycles. The van der Waals surface area contributed by atoms with Crippen LogP contribution in [-0.4, -0.2) is 15.2 Å². The minimum atomic E-state index is 0.639. The number of hydrogen-bond acceptors (Lipinski definition) is 4. The first-order valence-electron chi connectivity index (χ1n) is 5.02. The summed E-state index contributed by atoms with van der Waals surface area (Å²) in [4.78, 5) is 8.36. The lowest BCUT2D eigenvalue weighted by Crippen LogP contribution is -1.99. The topological polar surface area (TPSA) is 51.8 Å². The van der Waals surface area contributed by atoms with Crippen LogP contribution < -0.4 is 5.73 Å². The van der Waals surface area contributed by atoms with Crippen LogP contribution in [0.2, 0.25) is 0 Å². The van der Waals surface area contributed by atoms with Gasteiger partial charge in [0.1, 0.15) is 5.82 Å². The van der Waals surface area contributed by atoms with Crippen molar-refractivity contribution in [3.8, 4) is 0 Å². The molecule has 0 spiro atoms. The van der Waals surface area contributed by atoms with Crippen LogP contribution in [-0.2, 0) is 5.75 Å². The molecule has 0 aliphatic heterocycles. The van der Waals surface area contributed by atoms with Crippen molar-refractivity contribution in [3.05, 3.63) is 18.2 Å². The number of nitrogens with zero attached hydrogens (tertiary/aromatic N) is 2. The fraction of sp³-hybridized carbons (Fsp3) is 0.600. The summed E-state index contributed by atoms with van der Waals surface area (Å²) in [6.45, 7) is 0. The summed E-state index contributed by atoms with van der Waals surface area (Å²) in [7, 11) is 0. The SMILES string of the molecule is Nc1cnc(CSC2CCCC2)nc1. The van der Waals surface area contributed by atoms with Gasteiger partial charge in [-0.25, -0.2) is 9.97 Å². The normalized spacial score (nSPS) is 17.4. The summed E-state index contributed by atoms with van der Waals surface area (Å²) < 4.78 is 0. The zero-order valence-electron chi connectivity index (χ0n) is 8.15. The Kier molecular flexibility index (Phi) is 3.24. The van der Waals surface area contributed by atoms with Gasteiger partial charge in [-0.15, -0.1) is 0 Å². The zero-order valence-corrected chi connectivity index (χ0v) is 8.96. The van der Waals surface area contributed by atoms with Gasteiger partial charge < -0.3 is 5.73 Å². The molecule has 0 atom stereocenters. The highest BCUT2D eigenvalue weighted by atomic mass is 32.2. The summed E-state index contributed by atoms with van der Waals surface area (Å²) >= 11 is 1.98. The number of aromatic nitrogens is 2. The van der Waals surface area contributed by atoms with Gasteiger partial charge in [0, 0.05) is 5.25 Å². The van der Waals surface area contributed by atoms with Crippen LogP contribution in [0.25, 0.3) is 0 Å². The Labute approximate surface area is 88.5 Å². The summed E-state index contributed by atoms with van der Waals surface area (Å²) in [5.41, 5.74) is 6.15. The van der Waals surface area contributed by atoms with E-state index in [-0.39, 0.29) is 0 Å². The van der Waals surface area contributed by atoms with Gasteiger partial charge in [-0.05, 0) is 12.8 Å². The fourth-order valence-corrected chi connectivity index (χ4v) is 2.89. The molecule has 1 heterocycles. The number of thioether (sulfide) groups is 1. The lowest BCUT2D eigenvalue weighted by Gasteiger charge is -2.06. The van der Waals surface area contributed by atoms with Crippen LogP contribution >= 0.6 is 11.8 Å². The lowest BCUT2D eigenvalue weighted by atomic mass is 10.4. The van der Waals surface area contributed by atoms with Crippen molar-refractivity contribution in [2.75, 3.05) is 5.73 Å². The van der Waals surface area contributed by atoms with Gasteiger partial charge in [-0.3, -0.25) is 0 Å². The maximum Gasteiger partial charge on any atom is 0.138 e. The molecule has 0 bridgehead atoms. The molecule has 0 unspecified atom stereocenters. The minimum Gasteiger partial charge on any atom is -0.396 e. The number of rotatable bonds is 3. The highest BCUT2D eigenvalue weighted by Gasteiger charge is 2.15. The molecule has 1 aliphatic carbocycles. The van der Waals surface area contributed by atoms with Crippen molar-refractivity contribution in [1.82, 2.24) is 9.97 Å². The van der Waals surface area contributed by atoms with E-state index in [0.717, 1.165) is 16.8 Å². The molecule has 0 amide bonds. The quantitative estimate of drug-likeness (QED) is 0.829. The van der Waals surface area contributed by atoms with Gasteiger partial charge >= 0.3 is 0 Å². The van der Waals surface area contributed by atoms with Gasteiger partial charge in [0.05, 0.1) is 23.8 Å². The third kappa shape index (κ3) is 2.61. The Hall–Kier alpha value is -0.770. The number of anilines is 1. The van der Waals surface area contributed by atoms with Gasteiger partial charge in [0.25, 0.3) is 0 Å². The molecule has 1 fully saturated rings. The van der Waals surface area contributed by atoms with Gasteiger partial charge in [0.2, 0.25) is 0 Å². The van der Waals surface area contributed by atoms with Gasteiger partial charge in [-0.1, -0.05) is 12.8 Å². The summed E-state index contributed by atoms with van der Waals surface area (Å²) in [6, 6.07) is 0. The van der Waals surface area contributed by atoms with Crippen molar-refractivity contribution in [3.63, 3.8) is 0 Å². The van der Waals surface area contributed by atoms with E-state index >= 15 is 0 Å². The maximum absolute atomic E-state index is 5.51. The van der Waals surface area contributed by atoms with Crippen LogP contribution in [0.1, 0.15) is 31.5 Å².